The van der Waals surface area contributed by atoms with Crippen molar-refractivity contribution < 1.29 is 18.3 Å². The first-order valence-corrected chi connectivity index (χ1v) is 13.0. The lowest BCUT2D eigenvalue weighted by molar-refractivity contribution is 0.103. The summed E-state index contributed by atoms with van der Waals surface area (Å²) in [5, 5.41) is 11.3. The van der Waals surface area contributed by atoms with Gasteiger partial charge in [0.1, 0.15) is 6.61 Å². The highest BCUT2D eigenvalue weighted by molar-refractivity contribution is 7.93. The van der Waals surface area contributed by atoms with Crippen molar-refractivity contribution >= 4 is 15.7 Å². The van der Waals surface area contributed by atoms with Gasteiger partial charge in [0, 0.05) is 17.9 Å². The van der Waals surface area contributed by atoms with Crippen molar-refractivity contribution in [1.29, 1.82) is 0 Å². The molecule has 0 radical (unpaired) electrons. The molecule has 2 unspecified atom stereocenters. The Bertz CT molecular complexity index is 1120. The molecule has 0 fully saturated rings. The number of anilines is 1. The molecule has 1 aliphatic heterocycles. The van der Waals surface area contributed by atoms with Crippen molar-refractivity contribution in [3.05, 3.63) is 102 Å². The van der Waals surface area contributed by atoms with Crippen molar-refractivity contribution in [3.63, 3.8) is 0 Å². The summed E-state index contributed by atoms with van der Waals surface area (Å²) in [4.78, 5) is 2.25. The molecule has 2 N–H and O–H groups in total. The molecule has 182 valence electrons. The topological polar surface area (TPSA) is 78.9 Å². The summed E-state index contributed by atoms with van der Waals surface area (Å²) >= 11 is 0. The molecule has 0 saturated heterocycles. The summed E-state index contributed by atoms with van der Waals surface area (Å²) in [7, 11) is -3.73. The molecule has 1 aromatic rings. The number of hydrogen-bond acceptors (Lipinski definition) is 5. The van der Waals surface area contributed by atoms with Gasteiger partial charge >= 0.3 is 0 Å². The lowest BCUT2D eigenvalue weighted by atomic mass is 10.0. The van der Waals surface area contributed by atoms with Crippen LogP contribution in [0.5, 0.6) is 0 Å². The molecular formula is C27H34N2O4S. The summed E-state index contributed by atoms with van der Waals surface area (Å²) in [5.41, 5.74) is 4.02. The number of para-hydroxylation sites is 1. The molecule has 6 nitrogen and oxygen atoms in total. The number of aliphatic hydroxyl groups is 1. The minimum absolute atomic E-state index is 0.115. The maximum absolute atomic E-state index is 12.8. The Morgan fingerprint density at radius 3 is 2.71 bits per heavy atom. The van der Waals surface area contributed by atoms with Crippen LogP contribution in [0.15, 0.2) is 96.3 Å². The highest BCUT2D eigenvalue weighted by Gasteiger charge is 2.33. The number of aryl methyl sites for hydroxylation is 1. The third-order valence-electron chi connectivity index (χ3n) is 5.98. The Balaban J connectivity index is 1.98. The molecule has 1 aliphatic carbocycles. The van der Waals surface area contributed by atoms with E-state index in [2.05, 4.69) is 30.0 Å². The number of rotatable bonds is 11. The lowest BCUT2D eigenvalue weighted by Gasteiger charge is -2.38. The van der Waals surface area contributed by atoms with Crippen LogP contribution in [0.2, 0.25) is 0 Å². The summed E-state index contributed by atoms with van der Waals surface area (Å²) in [6.45, 7) is 9.60. The zero-order valence-corrected chi connectivity index (χ0v) is 20.5. The van der Waals surface area contributed by atoms with Crippen LogP contribution in [-0.2, 0) is 21.2 Å². The number of fused-ring (bicyclic) bond motifs is 1. The zero-order chi connectivity index (χ0) is 24.6. The molecule has 1 heterocycles. The lowest BCUT2D eigenvalue weighted by Crippen LogP contribution is -2.50. The number of hydrogen-bond donors (Lipinski definition) is 2. The van der Waals surface area contributed by atoms with E-state index in [1.165, 1.54) is 6.26 Å². The van der Waals surface area contributed by atoms with Gasteiger partial charge in [-0.15, -0.1) is 0 Å². The van der Waals surface area contributed by atoms with Gasteiger partial charge in [-0.25, -0.2) is 13.1 Å². The summed E-state index contributed by atoms with van der Waals surface area (Å²) in [5.74, 6) is 0. The van der Waals surface area contributed by atoms with Crippen LogP contribution in [0.25, 0.3) is 0 Å². The van der Waals surface area contributed by atoms with Crippen LogP contribution in [0.4, 0.5) is 5.69 Å². The first kappa shape index (κ1) is 25.7. The molecule has 0 saturated carbocycles. The van der Waals surface area contributed by atoms with Gasteiger partial charge in [0.2, 0.25) is 10.0 Å². The predicted molar refractivity (Wildman–Crippen MR) is 139 cm³/mol. The van der Waals surface area contributed by atoms with Crippen LogP contribution in [-0.4, -0.2) is 38.8 Å². The molecule has 0 bridgehead atoms. The van der Waals surface area contributed by atoms with Crippen molar-refractivity contribution in [3.8, 4) is 0 Å². The Morgan fingerprint density at radius 2 is 2.03 bits per heavy atom. The SMILES string of the molecule is C=COCC(C(O)CNS(=O)(=O)C1=CCCC=C1)N1C(C=C)=C(/C=C\C)CCc2ccccc21. The van der Waals surface area contributed by atoms with Crippen molar-refractivity contribution in [2.45, 2.75) is 44.8 Å². The van der Waals surface area contributed by atoms with E-state index in [1.807, 2.05) is 42.2 Å². The molecule has 7 heteroatoms. The Labute approximate surface area is 203 Å². The van der Waals surface area contributed by atoms with Gasteiger partial charge in [0.25, 0.3) is 0 Å². The number of nitrogens with one attached hydrogen (secondary N) is 1. The van der Waals surface area contributed by atoms with Crippen LogP contribution >= 0.6 is 0 Å². The molecule has 3 rings (SSSR count). The summed E-state index contributed by atoms with van der Waals surface area (Å²) in [6.07, 6.45) is 14.4. The Morgan fingerprint density at radius 1 is 1.24 bits per heavy atom. The minimum Gasteiger partial charge on any atom is -0.500 e. The summed E-state index contributed by atoms with van der Waals surface area (Å²) < 4.78 is 33.7. The fraction of sp³-hybridized carbons (Fsp3) is 0.333. The largest absolute Gasteiger partial charge is 0.500 e. The number of ether oxygens (including phenoxy) is 1. The first-order valence-electron chi connectivity index (χ1n) is 11.5. The normalized spacial score (nSPS) is 18.2. The third-order valence-corrected chi connectivity index (χ3v) is 7.45. The van der Waals surface area contributed by atoms with Crippen molar-refractivity contribution in [2.75, 3.05) is 18.1 Å². The van der Waals surface area contributed by atoms with Gasteiger partial charge in [-0.3, -0.25) is 0 Å². The van der Waals surface area contributed by atoms with E-state index in [-0.39, 0.29) is 18.1 Å². The quantitative estimate of drug-likeness (QED) is 0.454. The van der Waals surface area contributed by atoms with Gasteiger partial charge in [-0.1, -0.05) is 55.7 Å². The standard InChI is InChI=1S/C27H34N2O4S/c1-4-12-21-17-18-22-13-10-11-16-25(22)29(24(21)5-2)26(20-33-6-3)27(30)19-28-34(31,32)23-14-8-7-9-15-23/h4-6,8,10-16,26-28,30H,2-3,7,9,17-20H2,1H3/b12-4-. The van der Waals surface area contributed by atoms with Crippen molar-refractivity contribution in [1.82, 2.24) is 4.72 Å². The second kappa shape index (κ2) is 12.0. The maximum atomic E-state index is 12.8. The maximum Gasteiger partial charge on any atom is 0.240 e. The van der Waals surface area contributed by atoms with Gasteiger partial charge in [-0.05, 0) is 62.0 Å². The van der Waals surface area contributed by atoms with E-state index in [1.54, 1.807) is 18.2 Å². The van der Waals surface area contributed by atoms with Crippen LogP contribution in [0, 0.1) is 0 Å². The Hall–Kier alpha value is -2.87. The summed E-state index contributed by atoms with van der Waals surface area (Å²) in [6, 6.07) is 7.44. The van der Waals surface area contributed by atoms with Crippen molar-refractivity contribution in [2.24, 2.45) is 0 Å². The van der Waals surface area contributed by atoms with E-state index in [9.17, 15) is 13.5 Å². The van der Waals surface area contributed by atoms with E-state index >= 15 is 0 Å². The molecule has 0 spiro atoms. The first-order chi connectivity index (χ1) is 16.4. The molecule has 2 aliphatic rings. The van der Waals surface area contributed by atoms with Crippen LogP contribution < -0.4 is 9.62 Å². The monoisotopic (exact) mass is 482 g/mol. The third kappa shape index (κ3) is 5.97. The fourth-order valence-electron chi connectivity index (χ4n) is 4.32. The fourth-order valence-corrected chi connectivity index (χ4v) is 5.49. The van der Waals surface area contributed by atoms with E-state index in [0.29, 0.717) is 6.42 Å². The van der Waals surface area contributed by atoms with Crippen LogP contribution in [0.1, 0.15) is 31.7 Å². The Kier molecular flexibility index (Phi) is 9.10. The van der Waals surface area contributed by atoms with E-state index < -0.39 is 22.2 Å². The highest BCUT2D eigenvalue weighted by atomic mass is 32.2. The number of nitrogens with zero attached hydrogens (tertiary/aromatic N) is 1. The molecule has 34 heavy (non-hydrogen) atoms. The van der Waals surface area contributed by atoms with E-state index in [4.69, 9.17) is 4.74 Å². The smallest absolute Gasteiger partial charge is 0.240 e. The van der Waals surface area contributed by atoms with Crippen LogP contribution in [0.3, 0.4) is 0 Å². The van der Waals surface area contributed by atoms with Gasteiger partial charge in [0.15, 0.2) is 0 Å². The molecule has 0 amide bonds. The van der Waals surface area contributed by atoms with Gasteiger partial charge in [0.05, 0.1) is 23.3 Å². The second-order valence-corrected chi connectivity index (χ2v) is 9.95. The predicted octanol–water partition coefficient (Wildman–Crippen LogP) is 4.50. The number of benzene rings is 1. The minimum atomic E-state index is -3.73. The molecule has 0 aromatic heterocycles. The molecule has 1 aromatic carbocycles. The average molecular weight is 483 g/mol. The number of aliphatic hydroxyl groups excluding tert-OH is 1. The molecular weight excluding hydrogens is 448 g/mol. The van der Waals surface area contributed by atoms with E-state index in [0.717, 1.165) is 41.8 Å². The molecule has 2 atom stereocenters. The zero-order valence-electron chi connectivity index (χ0n) is 19.7. The van der Waals surface area contributed by atoms with Gasteiger partial charge in [-0.2, -0.15) is 0 Å². The number of sulfonamides is 1. The highest BCUT2D eigenvalue weighted by Crippen LogP contribution is 2.35. The van der Waals surface area contributed by atoms with Gasteiger partial charge < -0.3 is 14.7 Å². The number of allylic oxidation sites excluding steroid dienone is 7. The average Bonchev–Trinajstić information content (AvgIpc) is 3.01. The second-order valence-electron chi connectivity index (χ2n) is 8.19.